The number of unbranched alkanes of at least 4 members (excludes halogenated alkanes) is 1. The van der Waals surface area contributed by atoms with Crippen molar-refractivity contribution in [1.29, 1.82) is 0 Å². The van der Waals surface area contributed by atoms with E-state index in [0.29, 0.717) is 31.8 Å². The number of hydrogen-bond acceptors (Lipinski definition) is 3. The van der Waals surface area contributed by atoms with Gasteiger partial charge in [-0.25, -0.2) is 12.7 Å². The predicted octanol–water partition coefficient (Wildman–Crippen LogP) is 1.98. The molecule has 0 amide bonds. The third kappa shape index (κ3) is 5.36. The molecular weight excluding hydrogens is 262 g/mol. The normalized spacial score (nSPS) is 19.4. The monoisotopic (exact) mass is 281 g/mol. The highest BCUT2D eigenvalue weighted by molar-refractivity contribution is 7.89. The van der Waals surface area contributed by atoms with Crippen LogP contribution >= 0.6 is 11.6 Å². The molecule has 6 heteroatoms. The average molecular weight is 282 g/mol. The molecule has 0 aromatic rings. The fraction of sp³-hybridized carbons (Fsp3) is 0.909. The number of hydrogen-bond donors (Lipinski definition) is 0. The Hall–Kier alpha value is -0.130. The molecule has 0 radical (unpaired) electrons. The van der Waals surface area contributed by atoms with Crippen LogP contribution in [0.5, 0.6) is 0 Å². The molecule has 1 fully saturated rings. The van der Waals surface area contributed by atoms with Gasteiger partial charge in [0.2, 0.25) is 15.3 Å². The first-order valence-corrected chi connectivity index (χ1v) is 8.06. The molecule has 0 aromatic carbocycles. The van der Waals surface area contributed by atoms with E-state index in [1.807, 2.05) is 0 Å². The summed E-state index contributed by atoms with van der Waals surface area (Å²) in [6.07, 6.45) is 3.20. The molecule has 0 N–H and O–H groups in total. The summed E-state index contributed by atoms with van der Waals surface area (Å²) in [7, 11) is -3.13. The smallest absolute Gasteiger partial charge is 0.221 e. The SMILES string of the molecule is CC1CCN(S(=O)(=O)CCCCC(=O)Cl)CC1. The molecule has 0 saturated carbocycles. The van der Waals surface area contributed by atoms with E-state index in [-0.39, 0.29) is 12.2 Å². The number of rotatable bonds is 6. The molecular formula is C11H20ClNO3S. The number of carbonyl (C=O) groups excluding carboxylic acids is 1. The summed E-state index contributed by atoms with van der Waals surface area (Å²) in [4.78, 5) is 10.5. The van der Waals surface area contributed by atoms with Gasteiger partial charge in [-0.3, -0.25) is 4.79 Å². The van der Waals surface area contributed by atoms with Gasteiger partial charge in [0.25, 0.3) is 0 Å². The Bertz CT molecular complexity index is 348. The first kappa shape index (κ1) is 14.9. The van der Waals surface area contributed by atoms with Crippen LogP contribution in [0.1, 0.15) is 39.0 Å². The Kier molecular flexibility index (Phi) is 5.89. The third-order valence-corrected chi connectivity index (χ3v) is 5.31. The van der Waals surface area contributed by atoms with Gasteiger partial charge in [0.05, 0.1) is 5.75 Å². The molecule has 1 aliphatic rings. The molecule has 1 rings (SSSR count). The lowest BCUT2D eigenvalue weighted by atomic mass is 10.0. The van der Waals surface area contributed by atoms with E-state index in [1.54, 1.807) is 4.31 Å². The van der Waals surface area contributed by atoms with E-state index in [1.165, 1.54) is 0 Å². The van der Waals surface area contributed by atoms with Crippen molar-refractivity contribution in [1.82, 2.24) is 4.31 Å². The van der Waals surface area contributed by atoms with E-state index >= 15 is 0 Å². The zero-order valence-electron chi connectivity index (χ0n) is 10.2. The summed E-state index contributed by atoms with van der Waals surface area (Å²) in [5.74, 6) is 0.751. The minimum absolute atomic E-state index is 0.131. The molecule has 17 heavy (non-hydrogen) atoms. The maximum absolute atomic E-state index is 11.9. The van der Waals surface area contributed by atoms with Crippen molar-refractivity contribution in [2.45, 2.75) is 39.0 Å². The second kappa shape index (κ2) is 6.71. The number of nitrogens with zero attached hydrogens (tertiary/aromatic N) is 1. The summed E-state index contributed by atoms with van der Waals surface area (Å²) in [6.45, 7) is 3.42. The van der Waals surface area contributed by atoms with Gasteiger partial charge in [-0.2, -0.15) is 0 Å². The van der Waals surface area contributed by atoms with Crippen molar-refractivity contribution in [3.05, 3.63) is 0 Å². The van der Waals surface area contributed by atoms with Crippen LogP contribution < -0.4 is 0 Å². The standard InChI is InChI=1S/C11H20ClNO3S/c1-10-5-7-13(8-6-10)17(15,16)9-3-2-4-11(12)14/h10H,2-9H2,1H3. The van der Waals surface area contributed by atoms with Gasteiger partial charge in [0.1, 0.15) is 0 Å². The first-order valence-electron chi connectivity index (χ1n) is 6.08. The van der Waals surface area contributed by atoms with Crippen molar-refractivity contribution >= 4 is 26.9 Å². The average Bonchev–Trinajstić information content (AvgIpc) is 2.25. The van der Waals surface area contributed by atoms with E-state index in [9.17, 15) is 13.2 Å². The van der Waals surface area contributed by atoms with Crippen molar-refractivity contribution in [2.75, 3.05) is 18.8 Å². The molecule has 0 aromatic heterocycles. The molecule has 0 bridgehead atoms. The van der Waals surface area contributed by atoms with E-state index < -0.39 is 15.3 Å². The second-order valence-corrected chi connectivity index (χ2v) is 7.22. The maximum atomic E-state index is 11.9. The van der Waals surface area contributed by atoms with Crippen LogP contribution in [0.3, 0.4) is 0 Å². The fourth-order valence-corrected chi connectivity index (χ4v) is 3.67. The first-order chi connectivity index (χ1) is 7.92. The quantitative estimate of drug-likeness (QED) is 0.553. The Balaban J connectivity index is 2.33. The Morgan fingerprint density at radius 2 is 1.88 bits per heavy atom. The topological polar surface area (TPSA) is 54.5 Å². The van der Waals surface area contributed by atoms with Gasteiger partial charge in [-0.05, 0) is 43.2 Å². The van der Waals surface area contributed by atoms with Crippen LogP contribution in [0.2, 0.25) is 0 Å². The number of sulfonamides is 1. The number of halogens is 1. The van der Waals surface area contributed by atoms with Crippen LogP contribution in [0.15, 0.2) is 0 Å². The fourth-order valence-electron chi connectivity index (χ4n) is 1.94. The predicted molar refractivity (Wildman–Crippen MR) is 68.5 cm³/mol. The maximum Gasteiger partial charge on any atom is 0.221 e. The van der Waals surface area contributed by atoms with Gasteiger partial charge in [0, 0.05) is 19.5 Å². The summed E-state index contributed by atoms with van der Waals surface area (Å²) >= 11 is 5.19. The lowest BCUT2D eigenvalue weighted by Crippen LogP contribution is -2.39. The van der Waals surface area contributed by atoms with E-state index in [2.05, 4.69) is 6.92 Å². The molecule has 0 aliphatic carbocycles. The summed E-state index contributed by atoms with van der Waals surface area (Å²) in [6, 6.07) is 0. The van der Waals surface area contributed by atoms with Gasteiger partial charge in [-0.15, -0.1) is 0 Å². The van der Waals surface area contributed by atoms with Crippen molar-refractivity contribution < 1.29 is 13.2 Å². The van der Waals surface area contributed by atoms with Crippen molar-refractivity contribution in [2.24, 2.45) is 5.92 Å². The van der Waals surface area contributed by atoms with Gasteiger partial charge < -0.3 is 0 Å². The lowest BCUT2D eigenvalue weighted by molar-refractivity contribution is -0.111. The molecule has 1 saturated heterocycles. The summed E-state index contributed by atoms with van der Waals surface area (Å²) in [5.41, 5.74) is 0. The highest BCUT2D eigenvalue weighted by Crippen LogP contribution is 2.19. The highest BCUT2D eigenvalue weighted by Gasteiger charge is 2.25. The van der Waals surface area contributed by atoms with Crippen molar-refractivity contribution in [3.63, 3.8) is 0 Å². The number of carbonyl (C=O) groups is 1. The molecule has 0 unspecified atom stereocenters. The van der Waals surface area contributed by atoms with Gasteiger partial charge >= 0.3 is 0 Å². The Labute approximate surface area is 108 Å². The zero-order valence-corrected chi connectivity index (χ0v) is 11.8. The Morgan fingerprint density at radius 3 is 2.41 bits per heavy atom. The third-order valence-electron chi connectivity index (χ3n) is 3.16. The largest absolute Gasteiger partial charge is 0.281 e. The van der Waals surface area contributed by atoms with Crippen LogP contribution in [-0.2, 0) is 14.8 Å². The molecule has 1 heterocycles. The molecule has 4 nitrogen and oxygen atoms in total. The van der Waals surface area contributed by atoms with Crippen molar-refractivity contribution in [3.8, 4) is 0 Å². The van der Waals surface area contributed by atoms with Crippen LogP contribution in [0, 0.1) is 5.92 Å². The number of piperidine rings is 1. The lowest BCUT2D eigenvalue weighted by Gasteiger charge is -2.29. The van der Waals surface area contributed by atoms with Crippen LogP contribution in [0.4, 0.5) is 0 Å². The van der Waals surface area contributed by atoms with Gasteiger partial charge in [0.15, 0.2) is 0 Å². The summed E-state index contributed by atoms with van der Waals surface area (Å²) in [5, 5.41) is -0.394. The minimum Gasteiger partial charge on any atom is -0.281 e. The van der Waals surface area contributed by atoms with E-state index in [0.717, 1.165) is 12.8 Å². The highest BCUT2D eigenvalue weighted by atomic mass is 35.5. The molecule has 0 atom stereocenters. The Morgan fingerprint density at radius 1 is 1.29 bits per heavy atom. The molecule has 100 valence electrons. The summed E-state index contributed by atoms with van der Waals surface area (Å²) < 4.78 is 25.5. The minimum atomic E-state index is -3.13. The van der Waals surface area contributed by atoms with Crippen LogP contribution in [0.25, 0.3) is 0 Å². The van der Waals surface area contributed by atoms with E-state index in [4.69, 9.17) is 11.6 Å². The van der Waals surface area contributed by atoms with Gasteiger partial charge in [-0.1, -0.05) is 6.92 Å². The van der Waals surface area contributed by atoms with Crippen LogP contribution in [-0.4, -0.2) is 36.8 Å². The molecule has 0 spiro atoms. The zero-order chi connectivity index (χ0) is 12.9. The second-order valence-electron chi connectivity index (χ2n) is 4.71. The molecule has 1 aliphatic heterocycles.